The minimum absolute atomic E-state index is 0.0429. The number of nitrogens with one attached hydrogen (secondary N) is 1. The van der Waals surface area contributed by atoms with Gasteiger partial charge in [0.2, 0.25) is 10.0 Å². The van der Waals surface area contributed by atoms with Crippen molar-refractivity contribution in [2.24, 2.45) is 5.41 Å². The molecule has 0 saturated heterocycles. The molecule has 1 aromatic rings. The molecule has 1 saturated carbocycles. The first-order valence-corrected chi connectivity index (χ1v) is 8.09. The quantitative estimate of drug-likeness (QED) is 0.835. The predicted molar refractivity (Wildman–Crippen MR) is 74.7 cm³/mol. The lowest BCUT2D eigenvalue weighted by molar-refractivity contribution is 0.249. The molecule has 0 aliphatic heterocycles. The molecule has 0 aromatic heterocycles. The van der Waals surface area contributed by atoms with Crippen LogP contribution < -0.4 is 4.72 Å². The largest absolute Gasteiger partial charge is 0.396 e. The van der Waals surface area contributed by atoms with Gasteiger partial charge in [0.1, 0.15) is 6.07 Å². The molecular formula is C13H15ClN2O3S. The maximum atomic E-state index is 12.1. The van der Waals surface area contributed by atoms with Crippen molar-refractivity contribution in [1.82, 2.24) is 4.72 Å². The standard InChI is InChI=1S/C13H15ClN2O3S/c14-12-7-11(2-1-10(12)8-15)20(18,19)16-9-13(3-4-13)5-6-17/h1-2,7,16-17H,3-6,9H2. The highest BCUT2D eigenvalue weighted by atomic mass is 35.5. The SMILES string of the molecule is N#Cc1ccc(S(=O)(=O)NCC2(CCO)CC2)cc1Cl. The molecule has 0 amide bonds. The van der Waals surface area contributed by atoms with Gasteiger partial charge in [-0.25, -0.2) is 13.1 Å². The molecule has 1 fully saturated rings. The summed E-state index contributed by atoms with van der Waals surface area (Å²) in [5, 5.41) is 17.8. The van der Waals surface area contributed by atoms with Crippen LogP contribution in [0.2, 0.25) is 5.02 Å². The first-order valence-electron chi connectivity index (χ1n) is 6.23. The van der Waals surface area contributed by atoms with Crippen LogP contribution in [0.1, 0.15) is 24.8 Å². The van der Waals surface area contributed by atoms with Gasteiger partial charge < -0.3 is 5.11 Å². The summed E-state index contributed by atoms with van der Waals surface area (Å²) in [7, 11) is -3.64. The van der Waals surface area contributed by atoms with Gasteiger partial charge in [0.25, 0.3) is 0 Å². The smallest absolute Gasteiger partial charge is 0.240 e. The normalized spacial score (nSPS) is 16.6. The second-order valence-electron chi connectivity index (χ2n) is 5.05. The Labute approximate surface area is 123 Å². The molecule has 0 unspecified atom stereocenters. The number of aliphatic hydroxyl groups excluding tert-OH is 1. The van der Waals surface area contributed by atoms with Gasteiger partial charge >= 0.3 is 0 Å². The summed E-state index contributed by atoms with van der Waals surface area (Å²) >= 11 is 5.84. The molecule has 1 aliphatic rings. The minimum atomic E-state index is -3.64. The molecule has 0 spiro atoms. The van der Waals surface area contributed by atoms with Crippen LogP contribution in [0.25, 0.3) is 0 Å². The monoisotopic (exact) mass is 314 g/mol. The van der Waals surface area contributed by atoms with Crippen LogP contribution >= 0.6 is 11.6 Å². The fraction of sp³-hybridized carbons (Fsp3) is 0.462. The second-order valence-corrected chi connectivity index (χ2v) is 7.23. The molecular weight excluding hydrogens is 300 g/mol. The van der Waals surface area contributed by atoms with E-state index in [9.17, 15) is 8.42 Å². The fourth-order valence-corrected chi connectivity index (χ4v) is 3.48. The van der Waals surface area contributed by atoms with E-state index in [1.807, 2.05) is 6.07 Å². The van der Waals surface area contributed by atoms with Crippen LogP contribution in [0.15, 0.2) is 23.1 Å². The highest BCUT2D eigenvalue weighted by Crippen LogP contribution is 2.48. The number of nitrogens with zero attached hydrogens (tertiary/aromatic N) is 1. The van der Waals surface area contributed by atoms with E-state index in [1.165, 1.54) is 18.2 Å². The average Bonchev–Trinajstić information content (AvgIpc) is 3.17. The molecule has 2 rings (SSSR count). The van der Waals surface area contributed by atoms with Crippen LogP contribution in [0, 0.1) is 16.7 Å². The minimum Gasteiger partial charge on any atom is -0.396 e. The van der Waals surface area contributed by atoms with Crippen LogP contribution in [-0.2, 0) is 10.0 Å². The number of benzene rings is 1. The molecule has 0 heterocycles. The van der Waals surface area contributed by atoms with Crippen LogP contribution in [0.3, 0.4) is 0 Å². The van der Waals surface area contributed by atoms with Gasteiger partial charge in [0.05, 0.1) is 15.5 Å². The second kappa shape index (κ2) is 5.70. The first kappa shape index (κ1) is 15.3. The Bertz CT molecular complexity index is 648. The Balaban J connectivity index is 2.11. The molecule has 0 radical (unpaired) electrons. The maximum Gasteiger partial charge on any atom is 0.240 e. The van der Waals surface area contributed by atoms with Crippen molar-refractivity contribution in [2.75, 3.05) is 13.2 Å². The van der Waals surface area contributed by atoms with Crippen molar-refractivity contribution < 1.29 is 13.5 Å². The number of aliphatic hydroxyl groups is 1. The van der Waals surface area contributed by atoms with Crippen molar-refractivity contribution in [1.29, 1.82) is 5.26 Å². The summed E-state index contributed by atoms with van der Waals surface area (Å²) in [4.78, 5) is 0.0429. The lowest BCUT2D eigenvalue weighted by atomic mass is 10.0. The number of sulfonamides is 1. The van der Waals surface area contributed by atoms with E-state index in [0.29, 0.717) is 13.0 Å². The molecule has 1 aliphatic carbocycles. The summed E-state index contributed by atoms with van der Waals surface area (Å²) < 4.78 is 26.8. The molecule has 20 heavy (non-hydrogen) atoms. The summed E-state index contributed by atoms with van der Waals surface area (Å²) in [6.07, 6.45) is 2.44. The predicted octanol–water partition coefficient (Wildman–Crippen LogP) is 1.65. The van der Waals surface area contributed by atoms with E-state index in [2.05, 4.69) is 4.72 Å². The molecule has 5 nitrogen and oxygen atoms in total. The zero-order valence-corrected chi connectivity index (χ0v) is 12.3. The number of hydrogen-bond acceptors (Lipinski definition) is 4. The van der Waals surface area contributed by atoms with E-state index in [4.69, 9.17) is 22.0 Å². The van der Waals surface area contributed by atoms with Gasteiger partial charge in [-0.2, -0.15) is 5.26 Å². The maximum absolute atomic E-state index is 12.1. The first-order chi connectivity index (χ1) is 9.42. The van der Waals surface area contributed by atoms with Crippen LogP contribution in [-0.4, -0.2) is 26.7 Å². The highest BCUT2D eigenvalue weighted by molar-refractivity contribution is 7.89. The number of rotatable bonds is 6. The van der Waals surface area contributed by atoms with Crippen LogP contribution in [0.5, 0.6) is 0 Å². The zero-order valence-electron chi connectivity index (χ0n) is 10.8. The average molecular weight is 315 g/mol. The fourth-order valence-electron chi connectivity index (χ4n) is 2.01. The van der Waals surface area contributed by atoms with E-state index in [1.54, 1.807) is 0 Å². The lowest BCUT2D eigenvalue weighted by Gasteiger charge is -2.15. The molecule has 1 aromatic carbocycles. The van der Waals surface area contributed by atoms with Gasteiger partial charge in [0.15, 0.2) is 0 Å². The van der Waals surface area contributed by atoms with Crippen molar-refractivity contribution in [2.45, 2.75) is 24.2 Å². The Morgan fingerprint density at radius 3 is 2.65 bits per heavy atom. The van der Waals surface area contributed by atoms with Crippen molar-refractivity contribution in [3.8, 4) is 6.07 Å². The van der Waals surface area contributed by atoms with Gasteiger partial charge in [-0.15, -0.1) is 0 Å². The molecule has 0 bridgehead atoms. The Morgan fingerprint density at radius 2 is 2.15 bits per heavy atom. The van der Waals surface area contributed by atoms with Gasteiger partial charge in [-0.3, -0.25) is 0 Å². The van der Waals surface area contributed by atoms with E-state index >= 15 is 0 Å². The van der Waals surface area contributed by atoms with E-state index in [0.717, 1.165) is 12.8 Å². The van der Waals surface area contributed by atoms with Gasteiger partial charge in [-0.05, 0) is 42.9 Å². The molecule has 108 valence electrons. The third kappa shape index (κ3) is 3.30. The molecule has 2 N–H and O–H groups in total. The summed E-state index contributed by atoms with van der Waals surface area (Å²) in [5.41, 5.74) is 0.141. The topological polar surface area (TPSA) is 90.2 Å². The summed E-state index contributed by atoms with van der Waals surface area (Å²) in [6.45, 7) is 0.373. The summed E-state index contributed by atoms with van der Waals surface area (Å²) in [5.74, 6) is 0. The van der Waals surface area contributed by atoms with Crippen LogP contribution in [0.4, 0.5) is 0 Å². The lowest BCUT2D eigenvalue weighted by Crippen LogP contribution is -2.30. The number of nitriles is 1. The summed E-state index contributed by atoms with van der Waals surface area (Å²) in [6, 6.07) is 5.90. The van der Waals surface area contributed by atoms with E-state index < -0.39 is 10.0 Å². The third-order valence-corrected chi connectivity index (χ3v) is 5.32. The zero-order chi connectivity index (χ0) is 14.8. The van der Waals surface area contributed by atoms with E-state index in [-0.39, 0.29) is 27.5 Å². The van der Waals surface area contributed by atoms with Crippen molar-refractivity contribution >= 4 is 21.6 Å². The van der Waals surface area contributed by atoms with Gasteiger partial charge in [0, 0.05) is 13.2 Å². The number of hydrogen-bond donors (Lipinski definition) is 2. The Kier molecular flexibility index (Phi) is 4.35. The third-order valence-electron chi connectivity index (χ3n) is 3.61. The van der Waals surface area contributed by atoms with Gasteiger partial charge in [-0.1, -0.05) is 11.6 Å². The Morgan fingerprint density at radius 1 is 1.45 bits per heavy atom. The van der Waals surface area contributed by atoms with Crippen molar-refractivity contribution in [3.05, 3.63) is 28.8 Å². The highest BCUT2D eigenvalue weighted by Gasteiger charge is 2.42. The molecule has 0 atom stereocenters. The van der Waals surface area contributed by atoms with Crippen molar-refractivity contribution in [3.63, 3.8) is 0 Å². The number of halogens is 1. The Hall–Kier alpha value is -1.13. The molecule has 7 heteroatoms.